The van der Waals surface area contributed by atoms with E-state index < -0.39 is 30.3 Å². The molecule has 0 fully saturated rings. The van der Waals surface area contributed by atoms with Gasteiger partial charge >= 0.3 is 0 Å². The summed E-state index contributed by atoms with van der Waals surface area (Å²) in [5, 5.41) is 31.8. The van der Waals surface area contributed by atoms with Crippen LogP contribution in [0.15, 0.2) is 24.4 Å². The van der Waals surface area contributed by atoms with Gasteiger partial charge in [0.25, 0.3) is 5.91 Å². The molecule has 1 aliphatic carbocycles. The van der Waals surface area contributed by atoms with E-state index in [1.165, 1.54) is 12.3 Å². The fourth-order valence-electron chi connectivity index (χ4n) is 2.42. The molecule has 2 heterocycles. The molecule has 4 atom stereocenters. The minimum Gasteiger partial charge on any atom is -0.388 e. The van der Waals surface area contributed by atoms with Crippen LogP contribution < -0.4 is 5.32 Å². The van der Waals surface area contributed by atoms with Crippen LogP contribution in [0.2, 0.25) is 0 Å². The van der Waals surface area contributed by atoms with Crippen molar-refractivity contribution in [2.24, 2.45) is 0 Å². The molecule has 6 heteroatoms. The number of aromatic nitrogens is 1. The van der Waals surface area contributed by atoms with Crippen LogP contribution in [-0.4, -0.2) is 50.6 Å². The molecule has 94 valence electrons. The summed E-state index contributed by atoms with van der Waals surface area (Å²) in [6, 6.07) is 2.67. The van der Waals surface area contributed by atoms with E-state index in [1.807, 2.05) is 0 Å². The summed E-state index contributed by atoms with van der Waals surface area (Å²) in [7, 11) is 0. The smallest absolute Gasteiger partial charge is 0.271 e. The number of nitrogens with zero attached hydrogens (tertiary/aromatic N) is 1. The average molecular weight is 248 g/mol. The Hall–Kier alpha value is -1.76. The number of hydrogen-bond donors (Lipinski definition) is 4. The Kier molecular flexibility index (Phi) is 2.44. The third-order valence-electron chi connectivity index (χ3n) is 3.35. The van der Waals surface area contributed by atoms with Gasteiger partial charge in [-0.15, -0.1) is 0 Å². The van der Waals surface area contributed by atoms with E-state index in [0.717, 1.165) is 0 Å². The lowest BCUT2D eigenvalue weighted by Crippen LogP contribution is -2.57. The summed E-state index contributed by atoms with van der Waals surface area (Å²) in [6.45, 7) is 0. The zero-order valence-electron chi connectivity index (χ0n) is 9.32. The molecule has 0 spiro atoms. The molecule has 3 rings (SSSR count). The molecular formula is C12H12N2O4. The van der Waals surface area contributed by atoms with Crippen LogP contribution >= 0.6 is 0 Å². The number of rotatable bonds is 0. The van der Waals surface area contributed by atoms with Crippen LogP contribution in [0.4, 0.5) is 0 Å². The van der Waals surface area contributed by atoms with E-state index in [2.05, 4.69) is 10.3 Å². The van der Waals surface area contributed by atoms with Gasteiger partial charge in [-0.3, -0.25) is 9.78 Å². The van der Waals surface area contributed by atoms with E-state index in [-0.39, 0.29) is 5.69 Å². The zero-order chi connectivity index (χ0) is 12.9. The quantitative estimate of drug-likeness (QED) is 0.456. The van der Waals surface area contributed by atoms with Crippen molar-refractivity contribution >= 4 is 11.5 Å². The lowest BCUT2D eigenvalue weighted by molar-refractivity contribution is -0.0535. The van der Waals surface area contributed by atoms with Crippen LogP contribution in [-0.2, 0) is 0 Å². The van der Waals surface area contributed by atoms with Crippen molar-refractivity contribution in [1.29, 1.82) is 0 Å². The van der Waals surface area contributed by atoms with Crippen LogP contribution in [0.5, 0.6) is 0 Å². The van der Waals surface area contributed by atoms with Gasteiger partial charge in [-0.05, 0) is 17.7 Å². The summed E-state index contributed by atoms with van der Waals surface area (Å²) in [5.74, 6) is -0.393. The van der Waals surface area contributed by atoms with Crippen molar-refractivity contribution in [3.05, 3.63) is 35.7 Å². The van der Waals surface area contributed by atoms with Gasteiger partial charge in [-0.25, -0.2) is 0 Å². The van der Waals surface area contributed by atoms with Gasteiger partial charge in [0.05, 0.1) is 6.04 Å². The van der Waals surface area contributed by atoms with Crippen molar-refractivity contribution in [2.75, 3.05) is 0 Å². The highest BCUT2D eigenvalue weighted by Crippen LogP contribution is 2.32. The van der Waals surface area contributed by atoms with Crippen molar-refractivity contribution in [3.63, 3.8) is 0 Å². The van der Waals surface area contributed by atoms with E-state index >= 15 is 0 Å². The minimum atomic E-state index is -1.31. The van der Waals surface area contributed by atoms with Gasteiger partial charge in [-0.2, -0.15) is 0 Å². The van der Waals surface area contributed by atoms with Crippen molar-refractivity contribution in [2.45, 2.75) is 24.4 Å². The summed E-state index contributed by atoms with van der Waals surface area (Å²) in [6.07, 6.45) is -0.754. The molecule has 0 saturated carbocycles. The van der Waals surface area contributed by atoms with Gasteiger partial charge in [0.1, 0.15) is 24.0 Å². The van der Waals surface area contributed by atoms with Crippen LogP contribution in [0.3, 0.4) is 0 Å². The van der Waals surface area contributed by atoms with Gasteiger partial charge in [-0.1, -0.05) is 6.07 Å². The first-order chi connectivity index (χ1) is 8.59. The molecule has 1 aromatic heterocycles. The number of aliphatic hydroxyl groups excluding tert-OH is 3. The summed E-state index contributed by atoms with van der Waals surface area (Å²) in [4.78, 5) is 15.8. The Morgan fingerprint density at radius 1 is 1.22 bits per heavy atom. The van der Waals surface area contributed by atoms with E-state index in [0.29, 0.717) is 11.1 Å². The number of pyridine rings is 1. The van der Waals surface area contributed by atoms with E-state index in [1.54, 1.807) is 12.1 Å². The maximum atomic E-state index is 11.8. The van der Waals surface area contributed by atoms with E-state index in [9.17, 15) is 20.1 Å². The second-order valence-corrected chi connectivity index (χ2v) is 4.44. The molecule has 0 unspecified atom stereocenters. The predicted molar refractivity (Wildman–Crippen MR) is 61.5 cm³/mol. The molecule has 0 bridgehead atoms. The maximum Gasteiger partial charge on any atom is 0.271 e. The first kappa shape index (κ1) is 11.3. The minimum absolute atomic E-state index is 0.260. The standard InChI is InChI=1S/C12H12N2O4/c15-7-4-6-5-2-1-3-13-9(5)12(18)14-8(6)11(17)10(7)16/h1-4,7-8,10-11,15-17H,(H,14,18)/t7-,8+,10+,11-/m0/s1. The van der Waals surface area contributed by atoms with Gasteiger partial charge in [0.15, 0.2) is 0 Å². The van der Waals surface area contributed by atoms with Crippen LogP contribution in [0.25, 0.3) is 5.57 Å². The fourth-order valence-corrected chi connectivity index (χ4v) is 2.42. The Bertz CT molecular complexity index is 543. The third-order valence-corrected chi connectivity index (χ3v) is 3.35. The Morgan fingerprint density at radius 3 is 2.78 bits per heavy atom. The summed E-state index contributed by atoms with van der Waals surface area (Å²) < 4.78 is 0. The second kappa shape index (κ2) is 3.88. The molecule has 1 aromatic rings. The van der Waals surface area contributed by atoms with Crippen LogP contribution in [0, 0.1) is 0 Å². The average Bonchev–Trinajstić information content (AvgIpc) is 2.38. The molecular weight excluding hydrogens is 236 g/mol. The number of aliphatic hydroxyl groups is 3. The molecule has 2 aliphatic rings. The monoisotopic (exact) mass is 248 g/mol. The third kappa shape index (κ3) is 1.47. The number of fused-ring (bicyclic) bond motifs is 3. The van der Waals surface area contributed by atoms with Crippen LogP contribution in [0.1, 0.15) is 16.1 Å². The van der Waals surface area contributed by atoms with Gasteiger partial charge in [0.2, 0.25) is 0 Å². The first-order valence-electron chi connectivity index (χ1n) is 5.62. The molecule has 6 nitrogen and oxygen atoms in total. The largest absolute Gasteiger partial charge is 0.388 e. The summed E-state index contributed by atoms with van der Waals surface area (Å²) >= 11 is 0. The highest BCUT2D eigenvalue weighted by Gasteiger charge is 2.42. The molecule has 1 aliphatic heterocycles. The number of nitrogens with one attached hydrogen (secondary N) is 1. The van der Waals surface area contributed by atoms with Gasteiger partial charge in [0, 0.05) is 11.8 Å². The SMILES string of the molecule is O=C1N[C@@H]2C(=C[C@H](O)[C@@H](O)[C@H]2O)c2cccnc21. The second-order valence-electron chi connectivity index (χ2n) is 4.44. The Labute approximate surface area is 103 Å². The first-order valence-corrected chi connectivity index (χ1v) is 5.62. The fraction of sp³-hybridized carbons (Fsp3) is 0.333. The van der Waals surface area contributed by atoms with Gasteiger partial charge < -0.3 is 20.6 Å². The lowest BCUT2D eigenvalue weighted by Gasteiger charge is -2.38. The highest BCUT2D eigenvalue weighted by molar-refractivity contribution is 6.02. The van der Waals surface area contributed by atoms with E-state index in [4.69, 9.17) is 0 Å². The number of hydrogen-bond acceptors (Lipinski definition) is 5. The number of amides is 1. The molecule has 0 radical (unpaired) electrons. The maximum absolute atomic E-state index is 11.8. The number of carbonyl (C=O) groups excluding carboxylic acids is 1. The Balaban J connectivity index is 2.17. The molecule has 0 saturated heterocycles. The molecule has 18 heavy (non-hydrogen) atoms. The van der Waals surface area contributed by atoms with Crippen molar-refractivity contribution < 1.29 is 20.1 Å². The Morgan fingerprint density at radius 2 is 2.00 bits per heavy atom. The number of carbonyl (C=O) groups is 1. The highest BCUT2D eigenvalue weighted by atomic mass is 16.4. The topological polar surface area (TPSA) is 103 Å². The summed E-state index contributed by atoms with van der Waals surface area (Å²) in [5.41, 5.74) is 1.43. The lowest BCUT2D eigenvalue weighted by atomic mass is 9.81. The normalized spacial score (nSPS) is 34.2. The molecule has 4 N–H and O–H groups in total. The molecule has 1 amide bonds. The zero-order valence-corrected chi connectivity index (χ0v) is 9.32. The molecule has 0 aromatic carbocycles. The van der Waals surface area contributed by atoms with Crippen molar-refractivity contribution in [3.8, 4) is 0 Å². The van der Waals surface area contributed by atoms with Crippen molar-refractivity contribution in [1.82, 2.24) is 10.3 Å². The predicted octanol–water partition coefficient (Wildman–Crippen LogP) is -1.33.